The van der Waals surface area contributed by atoms with Crippen molar-refractivity contribution in [2.24, 2.45) is 5.73 Å². The van der Waals surface area contributed by atoms with Gasteiger partial charge in [0.05, 0.1) is 5.56 Å². The molecule has 0 bridgehead atoms. The number of nitrogens with zero attached hydrogens (tertiary/aromatic N) is 1. The highest BCUT2D eigenvalue weighted by atomic mass is 19.4. The molecule has 0 aromatic carbocycles. The Morgan fingerprint density at radius 2 is 2.08 bits per heavy atom. The zero-order chi connectivity index (χ0) is 9.19. The van der Waals surface area contributed by atoms with Crippen molar-refractivity contribution in [3.63, 3.8) is 0 Å². The quantitative estimate of drug-likeness (QED) is 0.705. The number of hydrogen-bond donors (Lipinski definition) is 1. The van der Waals surface area contributed by atoms with Crippen LogP contribution in [0.4, 0.5) is 13.2 Å². The van der Waals surface area contributed by atoms with E-state index in [-0.39, 0.29) is 12.1 Å². The summed E-state index contributed by atoms with van der Waals surface area (Å²) in [4.78, 5) is 3.38. The van der Waals surface area contributed by atoms with Gasteiger partial charge in [-0.05, 0) is 11.6 Å². The number of hydrogen-bond acceptors (Lipinski definition) is 2. The van der Waals surface area contributed by atoms with Gasteiger partial charge in [0.1, 0.15) is 0 Å². The second-order valence-corrected chi connectivity index (χ2v) is 2.23. The van der Waals surface area contributed by atoms with Crippen LogP contribution in [0, 0.1) is 0 Å². The maximum absolute atomic E-state index is 12.1. The van der Waals surface area contributed by atoms with E-state index in [4.69, 9.17) is 5.73 Å². The summed E-state index contributed by atoms with van der Waals surface area (Å²) in [5, 5.41) is 0. The van der Waals surface area contributed by atoms with Crippen molar-refractivity contribution in [2.45, 2.75) is 12.7 Å². The lowest BCUT2D eigenvalue weighted by molar-refractivity contribution is -0.138. The molecule has 1 aromatic heterocycles. The Kier molecular flexibility index (Phi) is 2.32. The molecule has 0 saturated heterocycles. The van der Waals surface area contributed by atoms with E-state index >= 15 is 0 Å². The van der Waals surface area contributed by atoms with Crippen molar-refractivity contribution in [2.75, 3.05) is 0 Å². The summed E-state index contributed by atoms with van der Waals surface area (Å²) in [6.07, 6.45) is -2.29. The average molecular weight is 176 g/mol. The molecule has 12 heavy (non-hydrogen) atoms. The first-order valence-corrected chi connectivity index (χ1v) is 3.26. The molecule has 1 aromatic rings. The van der Waals surface area contributed by atoms with Crippen molar-refractivity contribution in [3.05, 3.63) is 29.6 Å². The maximum atomic E-state index is 12.1. The van der Waals surface area contributed by atoms with Crippen LogP contribution in [0.5, 0.6) is 0 Å². The summed E-state index contributed by atoms with van der Waals surface area (Å²) in [6, 6.07) is 1.27. The lowest BCUT2D eigenvalue weighted by Gasteiger charge is -2.09. The molecule has 0 aliphatic heterocycles. The van der Waals surface area contributed by atoms with Crippen molar-refractivity contribution in [1.82, 2.24) is 4.98 Å². The van der Waals surface area contributed by atoms with Crippen LogP contribution in [0.25, 0.3) is 0 Å². The molecule has 1 rings (SSSR count). The first-order valence-electron chi connectivity index (χ1n) is 3.26. The molecule has 0 spiro atoms. The molecule has 66 valence electrons. The lowest BCUT2D eigenvalue weighted by Crippen LogP contribution is -2.12. The summed E-state index contributed by atoms with van der Waals surface area (Å²) in [5.74, 6) is 0. The van der Waals surface area contributed by atoms with Crippen LogP contribution in [-0.2, 0) is 12.7 Å². The topological polar surface area (TPSA) is 38.9 Å². The predicted molar refractivity (Wildman–Crippen MR) is 37.1 cm³/mol. The third kappa shape index (κ3) is 1.73. The van der Waals surface area contributed by atoms with Gasteiger partial charge >= 0.3 is 6.18 Å². The summed E-state index contributed by atoms with van der Waals surface area (Å²) < 4.78 is 36.4. The van der Waals surface area contributed by atoms with E-state index in [2.05, 4.69) is 4.98 Å². The van der Waals surface area contributed by atoms with Crippen LogP contribution in [0.1, 0.15) is 11.1 Å². The van der Waals surface area contributed by atoms with Crippen LogP contribution in [0.2, 0.25) is 0 Å². The largest absolute Gasteiger partial charge is 0.418 e. The maximum Gasteiger partial charge on any atom is 0.418 e. The van der Waals surface area contributed by atoms with Gasteiger partial charge in [-0.3, -0.25) is 4.98 Å². The molecule has 0 amide bonds. The minimum absolute atomic E-state index is 0.0671. The van der Waals surface area contributed by atoms with Gasteiger partial charge in [0, 0.05) is 18.9 Å². The van der Waals surface area contributed by atoms with E-state index in [1.54, 1.807) is 0 Å². The summed E-state index contributed by atoms with van der Waals surface area (Å²) in [5.41, 5.74) is 4.43. The molecule has 1 heterocycles. The number of halogens is 3. The molecule has 2 N–H and O–H groups in total. The van der Waals surface area contributed by atoms with Crippen LogP contribution < -0.4 is 5.73 Å². The predicted octanol–water partition coefficient (Wildman–Crippen LogP) is 1.56. The molecule has 0 unspecified atom stereocenters. The molecule has 0 fully saturated rings. The Balaban J connectivity index is 3.14. The number of alkyl halides is 3. The zero-order valence-corrected chi connectivity index (χ0v) is 6.10. The molecule has 0 saturated carbocycles. The molecule has 0 atom stereocenters. The van der Waals surface area contributed by atoms with E-state index in [1.807, 2.05) is 0 Å². The minimum Gasteiger partial charge on any atom is -0.326 e. The fraction of sp³-hybridized carbons (Fsp3) is 0.286. The highest BCUT2D eigenvalue weighted by Gasteiger charge is 2.32. The summed E-state index contributed by atoms with van der Waals surface area (Å²) >= 11 is 0. The molecule has 5 heteroatoms. The van der Waals surface area contributed by atoms with Gasteiger partial charge in [-0.1, -0.05) is 0 Å². The molecular weight excluding hydrogens is 169 g/mol. The van der Waals surface area contributed by atoms with Gasteiger partial charge in [-0.2, -0.15) is 13.2 Å². The SMILES string of the molecule is NCc1ccncc1C(F)(F)F. The van der Waals surface area contributed by atoms with Crippen molar-refractivity contribution in [3.8, 4) is 0 Å². The highest BCUT2D eigenvalue weighted by Crippen LogP contribution is 2.30. The molecule has 0 radical (unpaired) electrons. The van der Waals surface area contributed by atoms with Crippen molar-refractivity contribution in [1.29, 1.82) is 0 Å². The smallest absolute Gasteiger partial charge is 0.326 e. The average Bonchev–Trinajstić information content (AvgIpc) is 2.03. The van der Waals surface area contributed by atoms with E-state index < -0.39 is 11.7 Å². The first kappa shape index (κ1) is 8.99. The second-order valence-electron chi connectivity index (χ2n) is 2.23. The number of rotatable bonds is 1. The lowest BCUT2D eigenvalue weighted by atomic mass is 10.1. The fourth-order valence-electron chi connectivity index (χ4n) is 0.857. The van der Waals surface area contributed by atoms with Gasteiger partial charge in [-0.15, -0.1) is 0 Å². The Morgan fingerprint density at radius 1 is 1.42 bits per heavy atom. The van der Waals surface area contributed by atoms with E-state index in [0.29, 0.717) is 0 Å². The van der Waals surface area contributed by atoms with E-state index in [1.165, 1.54) is 12.3 Å². The molecule has 0 aliphatic rings. The van der Waals surface area contributed by atoms with Crippen LogP contribution in [-0.4, -0.2) is 4.98 Å². The number of nitrogens with two attached hydrogens (primary N) is 1. The fourth-order valence-corrected chi connectivity index (χ4v) is 0.857. The third-order valence-corrected chi connectivity index (χ3v) is 1.44. The Hall–Kier alpha value is -1.10. The molecule has 2 nitrogen and oxygen atoms in total. The normalized spacial score (nSPS) is 11.7. The van der Waals surface area contributed by atoms with Crippen LogP contribution >= 0.6 is 0 Å². The summed E-state index contributed by atoms with van der Waals surface area (Å²) in [7, 11) is 0. The zero-order valence-electron chi connectivity index (χ0n) is 6.10. The number of aromatic nitrogens is 1. The summed E-state index contributed by atoms with van der Waals surface area (Å²) in [6.45, 7) is -0.128. The highest BCUT2D eigenvalue weighted by molar-refractivity contribution is 5.25. The molecule has 0 aliphatic carbocycles. The molecular formula is C7H7F3N2. The standard InChI is InChI=1S/C7H7F3N2/c8-7(9,10)6-4-12-2-1-5(6)3-11/h1-2,4H,3,11H2. The van der Waals surface area contributed by atoms with E-state index in [0.717, 1.165) is 6.20 Å². The van der Waals surface area contributed by atoms with Gasteiger partial charge in [0.15, 0.2) is 0 Å². The Morgan fingerprint density at radius 3 is 2.50 bits per heavy atom. The van der Waals surface area contributed by atoms with Gasteiger partial charge < -0.3 is 5.73 Å². The van der Waals surface area contributed by atoms with E-state index in [9.17, 15) is 13.2 Å². The Labute approximate surface area is 67.2 Å². The van der Waals surface area contributed by atoms with Gasteiger partial charge in [0.2, 0.25) is 0 Å². The monoisotopic (exact) mass is 176 g/mol. The van der Waals surface area contributed by atoms with Crippen LogP contribution in [0.15, 0.2) is 18.5 Å². The third-order valence-electron chi connectivity index (χ3n) is 1.44. The van der Waals surface area contributed by atoms with Gasteiger partial charge in [0.25, 0.3) is 0 Å². The van der Waals surface area contributed by atoms with Crippen molar-refractivity contribution < 1.29 is 13.2 Å². The van der Waals surface area contributed by atoms with Crippen LogP contribution in [0.3, 0.4) is 0 Å². The van der Waals surface area contributed by atoms with Crippen molar-refractivity contribution >= 4 is 0 Å². The second kappa shape index (κ2) is 3.10. The number of pyridine rings is 1. The van der Waals surface area contributed by atoms with Gasteiger partial charge in [-0.25, -0.2) is 0 Å². The minimum atomic E-state index is -4.36. The first-order chi connectivity index (χ1) is 5.55. The Bertz CT molecular complexity index is 270.